The Bertz CT molecular complexity index is 904. The smallest absolute Gasteiger partial charge is 0.243 e. The number of hydrogen-bond donors (Lipinski definition) is 1. The van der Waals surface area contributed by atoms with E-state index in [1.807, 2.05) is 32.1 Å². The normalized spacial score (nSPS) is 15.7. The van der Waals surface area contributed by atoms with E-state index < -0.39 is 10.0 Å². The predicted octanol–water partition coefficient (Wildman–Crippen LogP) is 2.93. The summed E-state index contributed by atoms with van der Waals surface area (Å²) in [5.74, 6) is 0.772. The maximum absolute atomic E-state index is 13.0. The van der Waals surface area contributed by atoms with Crippen LogP contribution in [0.2, 0.25) is 5.15 Å². The van der Waals surface area contributed by atoms with Gasteiger partial charge in [0, 0.05) is 34.2 Å². The highest BCUT2D eigenvalue weighted by atomic mass is 35.5. The predicted molar refractivity (Wildman–Crippen MR) is 109 cm³/mol. The lowest BCUT2D eigenvalue weighted by molar-refractivity contribution is 0.346. The molecule has 0 bridgehead atoms. The second kappa shape index (κ2) is 8.08. The fourth-order valence-electron chi connectivity index (χ4n) is 3.22. The average molecular weight is 412 g/mol. The largest absolute Gasteiger partial charge is 0.376 e. The molecule has 1 N–H and O–H groups in total. The van der Waals surface area contributed by atoms with Crippen molar-refractivity contribution in [1.82, 2.24) is 13.9 Å². The first-order chi connectivity index (χ1) is 12.8. The number of nitrogens with zero attached hydrogens (tertiary/aromatic N) is 4. The van der Waals surface area contributed by atoms with Crippen LogP contribution in [0.1, 0.15) is 25.1 Å². The number of anilines is 2. The first kappa shape index (κ1) is 20.0. The molecule has 0 unspecified atom stereocenters. The fraction of sp³-hybridized carbons (Fsp3) is 0.500. The molecule has 3 rings (SSSR count). The molecule has 2 heterocycles. The van der Waals surface area contributed by atoms with Crippen LogP contribution in [0.25, 0.3) is 0 Å². The molecule has 0 aliphatic carbocycles. The van der Waals surface area contributed by atoms with E-state index >= 15 is 0 Å². The fourth-order valence-corrected chi connectivity index (χ4v) is 4.91. The van der Waals surface area contributed by atoms with Crippen LogP contribution in [-0.2, 0) is 23.6 Å². The van der Waals surface area contributed by atoms with Crippen molar-refractivity contribution in [2.24, 2.45) is 7.05 Å². The van der Waals surface area contributed by atoms with E-state index in [0.717, 1.165) is 36.5 Å². The van der Waals surface area contributed by atoms with Crippen LogP contribution < -0.4 is 10.2 Å². The number of nitrogens with one attached hydrogen (secondary N) is 1. The summed E-state index contributed by atoms with van der Waals surface area (Å²) < 4.78 is 29.4. The summed E-state index contributed by atoms with van der Waals surface area (Å²) in [5.41, 5.74) is 1.66. The molecule has 1 saturated heterocycles. The highest BCUT2D eigenvalue weighted by Gasteiger charge is 2.26. The van der Waals surface area contributed by atoms with E-state index in [4.69, 9.17) is 11.6 Å². The molecule has 1 aliphatic rings. The van der Waals surface area contributed by atoms with Gasteiger partial charge in [0.15, 0.2) is 0 Å². The summed E-state index contributed by atoms with van der Waals surface area (Å²) in [6.07, 6.45) is 4.52. The first-order valence-corrected chi connectivity index (χ1v) is 10.8. The highest BCUT2D eigenvalue weighted by Crippen LogP contribution is 2.30. The maximum atomic E-state index is 13.0. The van der Waals surface area contributed by atoms with Gasteiger partial charge in [0.25, 0.3) is 0 Å². The molecule has 27 heavy (non-hydrogen) atoms. The van der Waals surface area contributed by atoms with E-state index in [1.165, 1.54) is 0 Å². The second-order valence-corrected chi connectivity index (χ2v) is 9.27. The first-order valence-electron chi connectivity index (χ1n) is 9.02. The molecule has 0 saturated carbocycles. The van der Waals surface area contributed by atoms with Crippen molar-refractivity contribution in [3.05, 3.63) is 35.4 Å². The van der Waals surface area contributed by atoms with Crippen LogP contribution in [0, 0.1) is 0 Å². The van der Waals surface area contributed by atoms with Crippen LogP contribution in [0.3, 0.4) is 0 Å². The van der Waals surface area contributed by atoms with Crippen LogP contribution in [-0.4, -0.2) is 49.5 Å². The van der Waals surface area contributed by atoms with E-state index in [1.54, 1.807) is 27.2 Å². The van der Waals surface area contributed by atoms with Crippen molar-refractivity contribution >= 4 is 33.0 Å². The van der Waals surface area contributed by atoms with Gasteiger partial charge in [-0.3, -0.25) is 0 Å². The van der Waals surface area contributed by atoms with Crippen molar-refractivity contribution in [3.8, 4) is 0 Å². The summed E-state index contributed by atoms with van der Waals surface area (Å²) in [6, 6.07) is 5.23. The number of hydrogen-bond acceptors (Lipinski definition) is 5. The molecule has 7 nitrogen and oxygen atoms in total. The quantitative estimate of drug-likeness (QED) is 0.791. The average Bonchev–Trinajstić information content (AvgIpc) is 2.98. The Hall–Kier alpha value is -1.77. The minimum Gasteiger partial charge on any atom is -0.376 e. The number of rotatable bonds is 6. The molecular weight excluding hydrogens is 386 g/mol. The van der Waals surface area contributed by atoms with Crippen molar-refractivity contribution in [2.75, 3.05) is 37.4 Å². The molecule has 0 radical (unpaired) electrons. The van der Waals surface area contributed by atoms with Gasteiger partial charge in [-0.05, 0) is 31.0 Å². The Morgan fingerprint density at radius 1 is 1.22 bits per heavy atom. The highest BCUT2D eigenvalue weighted by molar-refractivity contribution is 7.89. The van der Waals surface area contributed by atoms with E-state index in [0.29, 0.717) is 29.7 Å². The molecule has 2 aromatic rings. The molecule has 1 aromatic heterocycles. The molecule has 1 aromatic carbocycles. The zero-order chi connectivity index (χ0) is 19.6. The van der Waals surface area contributed by atoms with Gasteiger partial charge >= 0.3 is 0 Å². The molecule has 0 spiro atoms. The maximum Gasteiger partial charge on any atom is 0.243 e. The van der Waals surface area contributed by atoms with Gasteiger partial charge in [-0.15, -0.1) is 0 Å². The zero-order valence-electron chi connectivity index (χ0n) is 15.9. The third kappa shape index (κ3) is 4.23. The number of piperidine rings is 1. The Morgan fingerprint density at radius 3 is 2.52 bits per heavy atom. The number of sulfonamides is 1. The van der Waals surface area contributed by atoms with Crippen LogP contribution in [0.15, 0.2) is 29.3 Å². The Labute approximate surface area is 166 Å². The van der Waals surface area contributed by atoms with Crippen LogP contribution in [0.4, 0.5) is 11.4 Å². The molecule has 0 amide bonds. The van der Waals surface area contributed by atoms with Gasteiger partial charge in [-0.1, -0.05) is 18.0 Å². The lowest BCUT2D eigenvalue weighted by atomic mass is 10.2. The Morgan fingerprint density at radius 2 is 1.93 bits per heavy atom. The summed E-state index contributed by atoms with van der Waals surface area (Å²) >= 11 is 6.04. The van der Waals surface area contributed by atoms with Gasteiger partial charge in [0.2, 0.25) is 10.0 Å². The third-order valence-corrected chi connectivity index (χ3v) is 7.11. The Kier molecular flexibility index (Phi) is 5.98. The van der Waals surface area contributed by atoms with Crippen LogP contribution >= 0.6 is 11.6 Å². The molecule has 148 valence electrons. The monoisotopic (exact) mass is 411 g/mol. The third-order valence-electron chi connectivity index (χ3n) is 4.87. The lowest BCUT2D eigenvalue weighted by Crippen LogP contribution is -2.35. The summed E-state index contributed by atoms with van der Waals surface area (Å²) in [7, 11) is 2.22. The molecule has 1 fully saturated rings. The number of halogens is 1. The number of imidazole rings is 1. The van der Waals surface area contributed by atoms with E-state index in [-0.39, 0.29) is 0 Å². The van der Waals surface area contributed by atoms with Crippen molar-refractivity contribution in [2.45, 2.75) is 30.7 Å². The Balaban J connectivity index is 1.89. The summed E-state index contributed by atoms with van der Waals surface area (Å²) in [5, 5.41) is 3.87. The minimum atomic E-state index is -3.48. The van der Waals surface area contributed by atoms with Crippen molar-refractivity contribution in [1.29, 1.82) is 0 Å². The summed E-state index contributed by atoms with van der Waals surface area (Å²) in [4.78, 5) is 6.54. The molecule has 0 atom stereocenters. The topological polar surface area (TPSA) is 70.5 Å². The van der Waals surface area contributed by atoms with Gasteiger partial charge in [0.05, 0.1) is 29.0 Å². The number of aromatic nitrogens is 2. The second-order valence-electron chi connectivity index (χ2n) is 6.95. The van der Waals surface area contributed by atoms with Crippen molar-refractivity contribution in [3.63, 3.8) is 0 Å². The van der Waals surface area contributed by atoms with Gasteiger partial charge in [0.1, 0.15) is 11.0 Å². The standard InChI is InChI=1S/C18H26ClN5O2S/c1-22(2)16-8-7-14(27(25,26)24-9-5-4-6-10-24)11-15(16)20-13-18-21-12-17(19)23(18)3/h7-8,11-12,20H,4-6,9-10,13H2,1-3H3. The molecular formula is C18H26ClN5O2S. The van der Waals surface area contributed by atoms with E-state index in [2.05, 4.69) is 10.3 Å². The van der Waals surface area contributed by atoms with Crippen molar-refractivity contribution < 1.29 is 8.42 Å². The zero-order valence-corrected chi connectivity index (χ0v) is 17.5. The van der Waals surface area contributed by atoms with Gasteiger partial charge in [-0.25, -0.2) is 13.4 Å². The van der Waals surface area contributed by atoms with Crippen LogP contribution in [0.5, 0.6) is 0 Å². The van der Waals surface area contributed by atoms with Gasteiger partial charge in [-0.2, -0.15) is 4.31 Å². The van der Waals surface area contributed by atoms with E-state index in [9.17, 15) is 8.42 Å². The summed E-state index contributed by atoms with van der Waals surface area (Å²) in [6.45, 7) is 1.62. The minimum absolute atomic E-state index is 0.315. The van der Waals surface area contributed by atoms with Gasteiger partial charge < -0.3 is 14.8 Å². The SMILES string of the molecule is CN(C)c1ccc(S(=O)(=O)N2CCCCC2)cc1NCc1ncc(Cl)n1C. The number of benzene rings is 1. The lowest BCUT2D eigenvalue weighted by Gasteiger charge is -2.27. The molecule has 1 aliphatic heterocycles. The molecule has 9 heteroatoms.